The van der Waals surface area contributed by atoms with Crippen LogP contribution in [0, 0.1) is 5.92 Å². The minimum Gasteiger partial charge on any atom is -0.354 e. The van der Waals surface area contributed by atoms with Crippen molar-refractivity contribution >= 4 is 11.8 Å². The summed E-state index contributed by atoms with van der Waals surface area (Å²) >= 11 is 0. The molecule has 2 saturated heterocycles. The smallest absolute Gasteiger partial charge is 0.223 e. The Balaban J connectivity index is 1.35. The Morgan fingerprint density at radius 1 is 1.12 bits per heavy atom. The normalized spacial score (nSPS) is 21.3. The van der Waals surface area contributed by atoms with Gasteiger partial charge in [0, 0.05) is 38.0 Å². The zero-order chi connectivity index (χ0) is 17.5. The van der Waals surface area contributed by atoms with Gasteiger partial charge in [-0.05, 0) is 44.2 Å². The molecular weight excluding hydrogens is 314 g/mol. The maximum atomic E-state index is 12.4. The van der Waals surface area contributed by atoms with Gasteiger partial charge in [0.25, 0.3) is 0 Å². The van der Waals surface area contributed by atoms with E-state index in [1.807, 2.05) is 23.1 Å². The minimum absolute atomic E-state index is 0.0552. The summed E-state index contributed by atoms with van der Waals surface area (Å²) in [4.78, 5) is 26.6. The quantitative estimate of drug-likeness (QED) is 0.827. The van der Waals surface area contributed by atoms with E-state index in [-0.39, 0.29) is 17.7 Å². The molecular formula is C20H29N3O2. The van der Waals surface area contributed by atoms with Crippen LogP contribution in [0.5, 0.6) is 0 Å². The molecule has 2 aliphatic heterocycles. The molecule has 1 atom stereocenters. The SMILES string of the molecule is O=C(NCC1CCCN1)C1CCN(C(=O)CCc2ccccc2)CC1. The van der Waals surface area contributed by atoms with Crippen LogP contribution in [0.15, 0.2) is 30.3 Å². The maximum Gasteiger partial charge on any atom is 0.223 e. The van der Waals surface area contributed by atoms with Crippen molar-refractivity contribution in [3.63, 3.8) is 0 Å². The molecule has 0 bridgehead atoms. The lowest BCUT2D eigenvalue weighted by Gasteiger charge is -2.31. The number of rotatable bonds is 6. The molecule has 2 heterocycles. The molecule has 2 amide bonds. The molecule has 0 aromatic heterocycles. The van der Waals surface area contributed by atoms with Gasteiger partial charge in [-0.2, -0.15) is 0 Å². The fourth-order valence-corrected chi connectivity index (χ4v) is 3.74. The number of amides is 2. The summed E-state index contributed by atoms with van der Waals surface area (Å²) in [7, 11) is 0. The third kappa shape index (κ3) is 5.30. The largest absolute Gasteiger partial charge is 0.354 e. The first-order valence-corrected chi connectivity index (χ1v) is 9.55. The molecule has 2 aliphatic rings. The molecule has 1 aromatic rings. The lowest BCUT2D eigenvalue weighted by Crippen LogP contribution is -2.45. The number of nitrogens with zero attached hydrogens (tertiary/aromatic N) is 1. The molecule has 25 heavy (non-hydrogen) atoms. The van der Waals surface area contributed by atoms with Gasteiger partial charge in [0.15, 0.2) is 0 Å². The van der Waals surface area contributed by atoms with Crippen molar-refractivity contribution in [1.82, 2.24) is 15.5 Å². The summed E-state index contributed by atoms with van der Waals surface area (Å²) in [6.07, 6.45) is 5.24. The summed E-state index contributed by atoms with van der Waals surface area (Å²) in [6.45, 7) is 3.19. The van der Waals surface area contributed by atoms with Crippen LogP contribution in [0.1, 0.15) is 37.7 Å². The first-order valence-electron chi connectivity index (χ1n) is 9.55. The molecule has 136 valence electrons. The predicted molar refractivity (Wildman–Crippen MR) is 98.1 cm³/mol. The summed E-state index contributed by atoms with van der Waals surface area (Å²) in [5, 5.41) is 6.48. The molecule has 0 saturated carbocycles. The molecule has 2 fully saturated rings. The van der Waals surface area contributed by atoms with Crippen molar-refractivity contribution in [1.29, 1.82) is 0 Å². The minimum atomic E-state index is 0.0552. The molecule has 5 heteroatoms. The highest BCUT2D eigenvalue weighted by Crippen LogP contribution is 2.19. The Hall–Kier alpha value is -1.88. The van der Waals surface area contributed by atoms with Gasteiger partial charge in [-0.1, -0.05) is 30.3 Å². The van der Waals surface area contributed by atoms with E-state index in [9.17, 15) is 9.59 Å². The van der Waals surface area contributed by atoms with Gasteiger partial charge in [-0.25, -0.2) is 0 Å². The molecule has 3 rings (SSSR count). The summed E-state index contributed by atoms with van der Waals surface area (Å²) in [5.41, 5.74) is 1.20. The number of carbonyl (C=O) groups excluding carboxylic acids is 2. The highest BCUT2D eigenvalue weighted by Gasteiger charge is 2.27. The number of aryl methyl sites for hydroxylation is 1. The van der Waals surface area contributed by atoms with Crippen molar-refractivity contribution in [2.24, 2.45) is 5.92 Å². The Kier molecular flexibility index (Phi) is 6.45. The number of benzene rings is 1. The topological polar surface area (TPSA) is 61.4 Å². The van der Waals surface area contributed by atoms with Crippen molar-refractivity contribution in [2.75, 3.05) is 26.2 Å². The van der Waals surface area contributed by atoms with E-state index >= 15 is 0 Å². The first-order chi connectivity index (χ1) is 12.2. The molecule has 1 aromatic carbocycles. The Bertz CT molecular complexity index is 562. The van der Waals surface area contributed by atoms with Crippen molar-refractivity contribution in [3.8, 4) is 0 Å². The van der Waals surface area contributed by atoms with E-state index in [4.69, 9.17) is 0 Å². The van der Waals surface area contributed by atoms with Crippen LogP contribution in [0.3, 0.4) is 0 Å². The summed E-state index contributed by atoms with van der Waals surface area (Å²) in [6, 6.07) is 10.6. The number of carbonyl (C=O) groups is 2. The molecule has 0 radical (unpaired) electrons. The fraction of sp³-hybridized carbons (Fsp3) is 0.600. The number of likely N-dealkylation sites (tertiary alicyclic amines) is 1. The van der Waals surface area contributed by atoms with E-state index in [0.717, 1.165) is 38.8 Å². The van der Waals surface area contributed by atoms with Gasteiger partial charge in [-0.3, -0.25) is 9.59 Å². The van der Waals surface area contributed by atoms with Crippen molar-refractivity contribution in [3.05, 3.63) is 35.9 Å². The standard InChI is InChI=1S/C20H29N3O2/c24-19(9-8-16-5-2-1-3-6-16)23-13-10-17(11-14-23)20(25)22-15-18-7-4-12-21-18/h1-3,5-6,17-18,21H,4,7-15H2,(H,22,25). The zero-order valence-electron chi connectivity index (χ0n) is 14.9. The number of hydrogen-bond donors (Lipinski definition) is 2. The number of piperidine rings is 1. The second kappa shape index (κ2) is 8.99. The zero-order valence-corrected chi connectivity index (χ0v) is 14.9. The van der Waals surface area contributed by atoms with Crippen LogP contribution in [-0.2, 0) is 16.0 Å². The average molecular weight is 343 g/mol. The van der Waals surface area contributed by atoms with Crippen LogP contribution in [0.25, 0.3) is 0 Å². The van der Waals surface area contributed by atoms with Crippen LogP contribution in [-0.4, -0.2) is 48.9 Å². The molecule has 0 spiro atoms. The third-order valence-corrected chi connectivity index (χ3v) is 5.37. The lowest BCUT2D eigenvalue weighted by molar-refractivity contribution is -0.135. The molecule has 1 unspecified atom stereocenters. The molecule has 5 nitrogen and oxygen atoms in total. The third-order valence-electron chi connectivity index (χ3n) is 5.37. The van der Waals surface area contributed by atoms with Crippen LogP contribution in [0.4, 0.5) is 0 Å². The second-order valence-corrected chi connectivity index (χ2v) is 7.18. The van der Waals surface area contributed by atoms with Crippen molar-refractivity contribution in [2.45, 2.75) is 44.6 Å². The summed E-state index contributed by atoms with van der Waals surface area (Å²) in [5.74, 6) is 0.419. The van der Waals surface area contributed by atoms with Crippen LogP contribution >= 0.6 is 0 Å². The maximum absolute atomic E-state index is 12.4. The highest BCUT2D eigenvalue weighted by molar-refractivity contribution is 5.80. The van der Waals surface area contributed by atoms with Gasteiger partial charge >= 0.3 is 0 Å². The Morgan fingerprint density at radius 2 is 1.88 bits per heavy atom. The Labute approximate surface area is 150 Å². The second-order valence-electron chi connectivity index (χ2n) is 7.18. The van der Waals surface area contributed by atoms with E-state index in [2.05, 4.69) is 22.8 Å². The predicted octanol–water partition coefficient (Wildman–Crippen LogP) is 1.73. The van der Waals surface area contributed by atoms with Crippen molar-refractivity contribution < 1.29 is 9.59 Å². The fourth-order valence-electron chi connectivity index (χ4n) is 3.74. The highest BCUT2D eigenvalue weighted by atomic mass is 16.2. The van der Waals surface area contributed by atoms with Gasteiger partial charge in [0.1, 0.15) is 0 Å². The van der Waals surface area contributed by atoms with Gasteiger partial charge < -0.3 is 15.5 Å². The van der Waals surface area contributed by atoms with E-state index in [1.165, 1.54) is 12.0 Å². The Morgan fingerprint density at radius 3 is 2.56 bits per heavy atom. The lowest BCUT2D eigenvalue weighted by atomic mass is 9.95. The van der Waals surface area contributed by atoms with Crippen LogP contribution < -0.4 is 10.6 Å². The van der Waals surface area contributed by atoms with E-state index in [1.54, 1.807) is 0 Å². The number of nitrogens with one attached hydrogen (secondary N) is 2. The average Bonchev–Trinajstić information content (AvgIpc) is 3.19. The van der Waals surface area contributed by atoms with Gasteiger partial charge in [0.05, 0.1) is 0 Å². The van der Waals surface area contributed by atoms with Gasteiger partial charge in [-0.15, -0.1) is 0 Å². The molecule has 0 aliphatic carbocycles. The van der Waals surface area contributed by atoms with Gasteiger partial charge in [0.2, 0.25) is 11.8 Å². The summed E-state index contributed by atoms with van der Waals surface area (Å²) < 4.78 is 0. The number of hydrogen-bond acceptors (Lipinski definition) is 3. The first kappa shape index (κ1) is 17.9. The van der Waals surface area contributed by atoms with E-state index < -0.39 is 0 Å². The molecule has 2 N–H and O–H groups in total. The monoisotopic (exact) mass is 343 g/mol. The van der Waals surface area contributed by atoms with E-state index in [0.29, 0.717) is 25.6 Å². The van der Waals surface area contributed by atoms with Crippen LogP contribution in [0.2, 0.25) is 0 Å².